The fourth-order valence-corrected chi connectivity index (χ4v) is 3.60. The second-order valence-corrected chi connectivity index (χ2v) is 7.53. The third-order valence-corrected chi connectivity index (χ3v) is 5.40. The molecule has 0 aliphatic carbocycles. The van der Waals surface area contributed by atoms with Gasteiger partial charge in [-0.25, -0.2) is 18.0 Å². The Balaban J connectivity index is 1.74. The second kappa shape index (κ2) is 9.84. The highest BCUT2D eigenvalue weighted by Crippen LogP contribution is 2.21. The van der Waals surface area contributed by atoms with Crippen molar-refractivity contribution in [1.29, 1.82) is 0 Å². The SMILES string of the molecule is COc1cc(CNC(=O)N(Cc2ccc(F)cc2F)C2CCN(C)CC2)ccc1F. The number of nitrogens with one attached hydrogen (secondary N) is 1. The van der Waals surface area contributed by atoms with Crippen LogP contribution in [0.1, 0.15) is 24.0 Å². The van der Waals surface area contributed by atoms with Gasteiger partial charge in [-0.3, -0.25) is 0 Å². The number of carbonyl (C=O) groups excluding carboxylic acids is 1. The molecule has 2 amide bonds. The third kappa shape index (κ3) is 5.44. The van der Waals surface area contributed by atoms with Crippen LogP contribution in [0, 0.1) is 17.5 Å². The lowest BCUT2D eigenvalue weighted by Crippen LogP contribution is -2.49. The van der Waals surface area contributed by atoms with E-state index >= 15 is 0 Å². The zero-order valence-electron chi connectivity index (χ0n) is 17.1. The second-order valence-electron chi connectivity index (χ2n) is 7.53. The monoisotopic (exact) mass is 421 g/mol. The molecule has 0 unspecified atom stereocenters. The molecule has 1 aliphatic rings. The van der Waals surface area contributed by atoms with Gasteiger partial charge < -0.3 is 19.9 Å². The Hall–Kier alpha value is -2.74. The van der Waals surface area contributed by atoms with Gasteiger partial charge in [-0.2, -0.15) is 0 Å². The van der Waals surface area contributed by atoms with Gasteiger partial charge in [0, 0.05) is 24.2 Å². The summed E-state index contributed by atoms with van der Waals surface area (Å²) < 4.78 is 46.0. The predicted octanol–water partition coefficient (Wildman–Crippen LogP) is 3.92. The molecule has 2 aromatic carbocycles. The van der Waals surface area contributed by atoms with E-state index in [1.54, 1.807) is 11.0 Å². The normalized spacial score (nSPS) is 15.1. The predicted molar refractivity (Wildman–Crippen MR) is 108 cm³/mol. The summed E-state index contributed by atoms with van der Waals surface area (Å²) in [7, 11) is 3.39. The summed E-state index contributed by atoms with van der Waals surface area (Å²) in [6.45, 7) is 1.87. The van der Waals surface area contributed by atoms with Crippen LogP contribution in [0.25, 0.3) is 0 Å². The van der Waals surface area contributed by atoms with Crippen LogP contribution in [-0.4, -0.2) is 49.1 Å². The highest BCUT2D eigenvalue weighted by atomic mass is 19.1. The minimum absolute atomic E-state index is 0.0407. The summed E-state index contributed by atoms with van der Waals surface area (Å²) in [5, 5.41) is 2.83. The Bertz CT molecular complexity index is 886. The number of amides is 2. The molecule has 1 saturated heterocycles. The molecule has 0 atom stereocenters. The number of methoxy groups -OCH3 is 1. The Morgan fingerprint density at radius 1 is 1.13 bits per heavy atom. The molecular weight excluding hydrogens is 395 g/mol. The van der Waals surface area contributed by atoms with Crippen molar-refractivity contribution in [2.24, 2.45) is 0 Å². The Morgan fingerprint density at radius 2 is 1.87 bits per heavy atom. The summed E-state index contributed by atoms with van der Waals surface area (Å²) in [6, 6.07) is 7.34. The lowest BCUT2D eigenvalue weighted by molar-refractivity contribution is 0.126. The van der Waals surface area contributed by atoms with Crippen molar-refractivity contribution < 1.29 is 22.7 Å². The van der Waals surface area contributed by atoms with Crippen molar-refractivity contribution in [3.8, 4) is 5.75 Å². The zero-order chi connectivity index (χ0) is 21.7. The van der Waals surface area contributed by atoms with E-state index in [0.717, 1.165) is 32.0 Å². The summed E-state index contributed by atoms with van der Waals surface area (Å²) in [5.41, 5.74) is 0.937. The van der Waals surface area contributed by atoms with Crippen LogP contribution in [0.3, 0.4) is 0 Å². The number of nitrogens with zero attached hydrogens (tertiary/aromatic N) is 2. The van der Waals surface area contributed by atoms with Crippen molar-refractivity contribution in [3.63, 3.8) is 0 Å². The number of hydrogen-bond donors (Lipinski definition) is 1. The van der Waals surface area contributed by atoms with E-state index in [1.165, 1.54) is 31.4 Å². The molecule has 162 valence electrons. The maximum absolute atomic E-state index is 14.2. The molecule has 0 radical (unpaired) electrons. The van der Waals surface area contributed by atoms with Gasteiger partial charge in [0.1, 0.15) is 11.6 Å². The molecule has 30 heavy (non-hydrogen) atoms. The molecule has 8 heteroatoms. The van der Waals surface area contributed by atoms with Crippen molar-refractivity contribution in [3.05, 3.63) is 65.0 Å². The summed E-state index contributed by atoms with van der Waals surface area (Å²) in [4.78, 5) is 16.8. The van der Waals surface area contributed by atoms with Gasteiger partial charge in [-0.1, -0.05) is 12.1 Å². The van der Waals surface area contributed by atoms with E-state index < -0.39 is 17.5 Å². The fourth-order valence-electron chi connectivity index (χ4n) is 3.60. The van der Waals surface area contributed by atoms with E-state index in [1.807, 2.05) is 7.05 Å². The van der Waals surface area contributed by atoms with Gasteiger partial charge in [-0.05, 0) is 56.7 Å². The van der Waals surface area contributed by atoms with Crippen LogP contribution >= 0.6 is 0 Å². The molecule has 0 aromatic heterocycles. The standard InChI is InChI=1S/C22H26F3N3O2/c1-27-9-7-18(8-10-27)28(14-16-4-5-17(23)12-20(16)25)22(29)26-13-15-3-6-19(24)21(11-15)30-2/h3-6,11-12,18H,7-10,13-14H2,1-2H3,(H,26,29). The topological polar surface area (TPSA) is 44.8 Å². The van der Waals surface area contributed by atoms with Crippen LogP contribution < -0.4 is 10.1 Å². The van der Waals surface area contributed by atoms with Crippen molar-refractivity contribution in [2.45, 2.75) is 32.0 Å². The van der Waals surface area contributed by atoms with E-state index in [0.29, 0.717) is 5.56 Å². The van der Waals surface area contributed by atoms with E-state index in [4.69, 9.17) is 4.74 Å². The van der Waals surface area contributed by atoms with Crippen molar-refractivity contribution in [1.82, 2.24) is 15.1 Å². The average molecular weight is 421 g/mol. The van der Waals surface area contributed by atoms with Crippen LogP contribution in [0.4, 0.5) is 18.0 Å². The number of halogens is 3. The molecule has 1 N–H and O–H groups in total. The number of rotatable bonds is 6. The number of carbonyl (C=O) groups is 1. The maximum atomic E-state index is 14.2. The zero-order valence-corrected chi connectivity index (χ0v) is 17.1. The summed E-state index contributed by atoms with van der Waals surface area (Å²) in [5.74, 6) is -1.71. The minimum atomic E-state index is -0.677. The van der Waals surface area contributed by atoms with Crippen LogP contribution in [0.5, 0.6) is 5.75 Å². The first-order chi connectivity index (χ1) is 14.4. The van der Waals surface area contributed by atoms with Gasteiger partial charge in [0.2, 0.25) is 0 Å². The average Bonchev–Trinajstić information content (AvgIpc) is 2.73. The number of ether oxygens (including phenoxy) is 1. The number of hydrogen-bond acceptors (Lipinski definition) is 3. The first kappa shape index (κ1) is 22.0. The van der Waals surface area contributed by atoms with Gasteiger partial charge in [0.25, 0.3) is 0 Å². The van der Waals surface area contributed by atoms with Crippen molar-refractivity contribution in [2.75, 3.05) is 27.2 Å². The molecule has 1 fully saturated rings. The molecule has 5 nitrogen and oxygen atoms in total. The van der Waals surface area contributed by atoms with Crippen LogP contribution in [-0.2, 0) is 13.1 Å². The van der Waals surface area contributed by atoms with E-state index in [9.17, 15) is 18.0 Å². The maximum Gasteiger partial charge on any atom is 0.318 e. The van der Waals surface area contributed by atoms with Gasteiger partial charge in [0.15, 0.2) is 11.6 Å². The number of piperidine rings is 1. The van der Waals surface area contributed by atoms with Gasteiger partial charge in [-0.15, -0.1) is 0 Å². The molecule has 3 rings (SSSR count). The molecule has 0 saturated carbocycles. The summed E-state index contributed by atoms with van der Waals surface area (Å²) in [6.07, 6.45) is 1.52. The first-order valence-corrected chi connectivity index (χ1v) is 9.86. The summed E-state index contributed by atoms with van der Waals surface area (Å²) >= 11 is 0. The lowest BCUT2D eigenvalue weighted by atomic mass is 10.0. The Kier molecular flexibility index (Phi) is 7.20. The number of likely N-dealkylation sites (tertiary alicyclic amines) is 1. The van der Waals surface area contributed by atoms with Crippen LogP contribution in [0.15, 0.2) is 36.4 Å². The van der Waals surface area contributed by atoms with Gasteiger partial charge in [0.05, 0.1) is 13.7 Å². The van der Waals surface area contributed by atoms with Crippen LogP contribution in [0.2, 0.25) is 0 Å². The smallest absolute Gasteiger partial charge is 0.318 e. The third-order valence-electron chi connectivity index (χ3n) is 5.40. The molecule has 0 spiro atoms. The molecule has 0 bridgehead atoms. The minimum Gasteiger partial charge on any atom is -0.494 e. The van der Waals surface area contributed by atoms with Crippen molar-refractivity contribution >= 4 is 6.03 Å². The lowest BCUT2D eigenvalue weighted by Gasteiger charge is -2.37. The molecule has 1 aliphatic heterocycles. The number of urea groups is 1. The molecule has 2 aromatic rings. The highest BCUT2D eigenvalue weighted by Gasteiger charge is 2.28. The van der Waals surface area contributed by atoms with E-state index in [2.05, 4.69) is 10.2 Å². The van der Waals surface area contributed by atoms with Gasteiger partial charge >= 0.3 is 6.03 Å². The molecular formula is C22H26F3N3O2. The Labute approximate surface area is 174 Å². The molecule has 1 heterocycles. The quantitative estimate of drug-likeness (QED) is 0.769. The number of benzene rings is 2. The largest absolute Gasteiger partial charge is 0.494 e. The van der Waals surface area contributed by atoms with E-state index in [-0.39, 0.29) is 36.5 Å². The fraction of sp³-hybridized carbons (Fsp3) is 0.409. The first-order valence-electron chi connectivity index (χ1n) is 9.86. The highest BCUT2D eigenvalue weighted by molar-refractivity contribution is 5.74. The Morgan fingerprint density at radius 3 is 2.53 bits per heavy atom.